The van der Waals surface area contributed by atoms with Crippen LogP contribution in [-0.2, 0) is 13.1 Å². The molecule has 3 rings (SSSR count). The van der Waals surface area contributed by atoms with E-state index in [-0.39, 0.29) is 0 Å². The van der Waals surface area contributed by atoms with Gasteiger partial charge >= 0.3 is 0 Å². The lowest BCUT2D eigenvalue weighted by Crippen LogP contribution is -2.18. The number of aromatic nitrogens is 1. The van der Waals surface area contributed by atoms with Gasteiger partial charge in [-0.25, -0.2) is 0 Å². The van der Waals surface area contributed by atoms with Crippen molar-refractivity contribution >= 4 is 5.69 Å². The average Bonchev–Trinajstić information content (AvgIpc) is 3.10. The summed E-state index contributed by atoms with van der Waals surface area (Å²) in [5.74, 6) is 0. The standard InChI is InChI=1S/C16H21N3/c1-2-9-19(8-1)13-14-4-3-5-16(10-14)18-12-15-6-7-17-11-15/h3-7,10-11,17-18H,1-2,8-9,12-13H2. The SMILES string of the molecule is c1cc(CN2CCCC2)cc(NCc2cc[nH]c2)c1. The molecule has 3 nitrogen and oxygen atoms in total. The van der Waals surface area contributed by atoms with Gasteiger partial charge in [0.2, 0.25) is 0 Å². The summed E-state index contributed by atoms with van der Waals surface area (Å²) in [6, 6.07) is 10.9. The maximum atomic E-state index is 3.47. The van der Waals surface area contributed by atoms with Gasteiger partial charge in [0.1, 0.15) is 0 Å². The topological polar surface area (TPSA) is 31.1 Å². The Bertz CT molecular complexity index is 498. The number of nitrogens with zero attached hydrogens (tertiary/aromatic N) is 1. The number of benzene rings is 1. The minimum Gasteiger partial charge on any atom is -0.381 e. The number of hydrogen-bond donors (Lipinski definition) is 2. The lowest BCUT2D eigenvalue weighted by molar-refractivity contribution is 0.331. The summed E-state index contributed by atoms with van der Waals surface area (Å²) in [6.45, 7) is 4.46. The van der Waals surface area contributed by atoms with Gasteiger partial charge in [0.25, 0.3) is 0 Å². The minimum atomic E-state index is 0.872. The van der Waals surface area contributed by atoms with Crippen LogP contribution in [0.1, 0.15) is 24.0 Å². The van der Waals surface area contributed by atoms with Crippen LogP contribution in [-0.4, -0.2) is 23.0 Å². The molecule has 19 heavy (non-hydrogen) atoms. The Morgan fingerprint density at radius 3 is 2.79 bits per heavy atom. The van der Waals surface area contributed by atoms with E-state index >= 15 is 0 Å². The van der Waals surface area contributed by atoms with Crippen LogP contribution in [0.3, 0.4) is 0 Å². The fourth-order valence-corrected chi connectivity index (χ4v) is 2.65. The second-order valence-electron chi connectivity index (χ2n) is 5.26. The molecule has 100 valence electrons. The van der Waals surface area contributed by atoms with Crippen molar-refractivity contribution in [1.82, 2.24) is 9.88 Å². The van der Waals surface area contributed by atoms with Crippen LogP contribution < -0.4 is 5.32 Å². The highest BCUT2D eigenvalue weighted by Gasteiger charge is 2.11. The van der Waals surface area contributed by atoms with Gasteiger partial charge in [0, 0.05) is 31.2 Å². The summed E-state index contributed by atoms with van der Waals surface area (Å²) in [6.07, 6.45) is 6.69. The Balaban J connectivity index is 1.59. The zero-order valence-electron chi connectivity index (χ0n) is 11.2. The monoisotopic (exact) mass is 255 g/mol. The second-order valence-corrected chi connectivity index (χ2v) is 5.26. The zero-order chi connectivity index (χ0) is 12.9. The Labute approximate surface area is 114 Å². The number of rotatable bonds is 5. The fourth-order valence-electron chi connectivity index (χ4n) is 2.65. The van der Waals surface area contributed by atoms with E-state index in [1.807, 2.05) is 12.4 Å². The summed E-state index contributed by atoms with van der Waals surface area (Å²) in [7, 11) is 0. The number of hydrogen-bond acceptors (Lipinski definition) is 2. The number of aromatic amines is 1. The minimum absolute atomic E-state index is 0.872. The maximum absolute atomic E-state index is 3.47. The molecule has 0 bridgehead atoms. The Morgan fingerprint density at radius 2 is 2.00 bits per heavy atom. The van der Waals surface area contributed by atoms with E-state index in [1.54, 1.807) is 0 Å². The predicted octanol–water partition coefficient (Wildman–Crippen LogP) is 3.22. The lowest BCUT2D eigenvalue weighted by atomic mass is 10.2. The van der Waals surface area contributed by atoms with Crippen molar-refractivity contribution in [1.29, 1.82) is 0 Å². The summed E-state index contributed by atoms with van der Waals surface area (Å²) in [4.78, 5) is 5.61. The summed E-state index contributed by atoms with van der Waals surface area (Å²) < 4.78 is 0. The molecule has 3 heteroatoms. The Hall–Kier alpha value is -1.74. The molecular formula is C16H21N3. The quantitative estimate of drug-likeness (QED) is 0.859. The van der Waals surface area contributed by atoms with E-state index in [9.17, 15) is 0 Å². The third kappa shape index (κ3) is 3.38. The average molecular weight is 255 g/mol. The van der Waals surface area contributed by atoms with Gasteiger partial charge in [0.15, 0.2) is 0 Å². The molecule has 2 heterocycles. The normalized spacial score (nSPS) is 15.8. The van der Waals surface area contributed by atoms with Crippen molar-refractivity contribution in [2.45, 2.75) is 25.9 Å². The molecule has 2 aromatic rings. The van der Waals surface area contributed by atoms with Crippen LogP contribution in [0, 0.1) is 0 Å². The van der Waals surface area contributed by atoms with Gasteiger partial charge in [-0.15, -0.1) is 0 Å². The third-order valence-corrected chi connectivity index (χ3v) is 3.69. The number of H-pyrrole nitrogens is 1. The van der Waals surface area contributed by atoms with Crippen LogP contribution in [0.2, 0.25) is 0 Å². The van der Waals surface area contributed by atoms with Crippen molar-refractivity contribution in [2.24, 2.45) is 0 Å². The van der Waals surface area contributed by atoms with Gasteiger partial charge < -0.3 is 10.3 Å². The molecule has 0 radical (unpaired) electrons. The van der Waals surface area contributed by atoms with E-state index in [1.165, 1.54) is 42.7 Å². The van der Waals surface area contributed by atoms with E-state index in [0.717, 1.165) is 13.1 Å². The van der Waals surface area contributed by atoms with Gasteiger partial charge in [-0.2, -0.15) is 0 Å². The molecular weight excluding hydrogens is 234 g/mol. The van der Waals surface area contributed by atoms with E-state index in [0.29, 0.717) is 0 Å². The molecule has 0 unspecified atom stereocenters. The van der Waals surface area contributed by atoms with E-state index in [4.69, 9.17) is 0 Å². The summed E-state index contributed by atoms with van der Waals surface area (Å²) in [5.41, 5.74) is 3.89. The molecule has 1 aliphatic rings. The number of nitrogens with one attached hydrogen (secondary N) is 2. The van der Waals surface area contributed by atoms with Crippen molar-refractivity contribution in [3.63, 3.8) is 0 Å². The zero-order valence-corrected chi connectivity index (χ0v) is 11.2. The van der Waals surface area contributed by atoms with Crippen molar-refractivity contribution in [3.8, 4) is 0 Å². The Morgan fingerprint density at radius 1 is 1.11 bits per heavy atom. The molecule has 0 atom stereocenters. The second kappa shape index (κ2) is 5.93. The lowest BCUT2D eigenvalue weighted by Gasteiger charge is -2.15. The van der Waals surface area contributed by atoms with E-state index in [2.05, 4.69) is 45.5 Å². The molecule has 0 spiro atoms. The fraction of sp³-hybridized carbons (Fsp3) is 0.375. The predicted molar refractivity (Wildman–Crippen MR) is 79.1 cm³/mol. The van der Waals surface area contributed by atoms with Gasteiger partial charge in [-0.05, 0) is 55.3 Å². The first-order chi connectivity index (χ1) is 9.40. The maximum Gasteiger partial charge on any atom is 0.0415 e. The highest BCUT2D eigenvalue weighted by atomic mass is 15.1. The van der Waals surface area contributed by atoms with Gasteiger partial charge in [-0.3, -0.25) is 4.90 Å². The number of likely N-dealkylation sites (tertiary alicyclic amines) is 1. The molecule has 1 aliphatic heterocycles. The largest absolute Gasteiger partial charge is 0.381 e. The Kier molecular flexibility index (Phi) is 3.84. The van der Waals surface area contributed by atoms with Crippen molar-refractivity contribution < 1.29 is 0 Å². The molecule has 0 amide bonds. The van der Waals surface area contributed by atoms with E-state index < -0.39 is 0 Å². The first kappa shape index (κ1) is 12.3. The van der Waals surface area contributed by atoms with Crippen LogP contribution in [0.25, 0.3) is 0 Å². The van der Waals surface area contributed by atoms with Gasteiger partial charge in [0.05, 0.1) is 0 Å². The van der Waals surface area contributed by atoms with Crippen LogP contribution in [0.5, 0.6) is 0 Å². The molecule has 1 fully saturated rings. The molecule has 1 saturated heterocycles. The molecule has 0 aliphatic carbocycles. The van der Waals surface area contributed by atoms with Crippen LogP contribution >= 0.6 is 0 Å². The van der Waals surface area contributed by atoms with Crippen molar-refractivity contribution in [2.75, 3.05) is 18.4 Å². The van der Waals surface area contributed by atoms with Crippen molar-refractivity contribution in [3.05, 3.63) is 53.9 Å². The highest BCUT2D eigenvalue weighted by Crippen LogP contribution is 2.16. The summed E-state index contributed by atoms with van der Waals surface area (Å²) in [5, 5.41) is 3.47. The molecule has 2 N–H and O–H groups in total. The van der Waals surface area contributed by atoms with Gasteiger partial charge in [-0.1, -0.05) is 12.1 Å². The highest BCUT2D eigenvalue weighted by molar-refractivity contribution is 5.46. The molecule has 0 saturated carbocycles. The summed E-state index contributed by atoms with van der Waals surface area (Å²) >= 11 is 0. The smallest absolute Gasteiger partial charge is 0.0415 e. The molecule has 1 aromatic carbocycles. The number of anilines is 1. The molecule has 1 aromatic heterocycles. The van der Waals surface area contributed by atoms with Crippen LogP contribution in [0.4, 0.5) is 5.69 Å². The third-order valence-electron chi connectivity index (χ3n) is 3.69. The first-order valence-electron chi connectivity index (χ1n) is 7.07. The first-order valence-corrected chi connectivity index (χ1v) is 7.07. The van der Waals surface area contributed by atoms with Crippen LogP contribution in [0.15, 0.2) is 42.7 Å².